The zero-order valence-corrected chi connectivity index (χ0v) is 16.6. The highest BCUT2D eigenvalue weighted by molar-refractivity contribution is 7.13. The van der Waals surface area contributed by atoms with Crippen LogP contribution in [-0.2, 0) is 4.74 Å². The van der Waals surface area contributed by atoms with Crippen LogP contribution in [0.1, 0.15) is 31.7 Å². The SMILES string of the molecule is Cc1ccc(C2=C3C(=O)c4c(NC(=O)NN5CCOCC5)cccc4C3N=N2)s1. The highest BCUT2D eigenvalue weighted by atomic mass is 32.1. The first-order valence-corrected chi connectivity index (χ1v) is 10.2. The normalized spacial score (nSPS) is 20.7. The molecule has 9 heteroatoms. The molecule has 2 N–H and O–H groups in total. The first-order valence-electron chi connectivity index (χ1n) is 9.41. The van der Waals surface area contributed by atoms with Gasteiger partial charge in [-0.25, -0.2) is 9.80 Å². The largest absolute Gasteiger partial charge is 0.379 e. The number of urea groups is 1. The molecule has 3 heterocycles. The molecule has 1 atom stereocenters. The maximum absolute atomic E-state index is 13.3. The summed E-state index contributed by atoms with van der Waals surface area (Å²) < 4.78 is 5.28. The molecule has 1 aliphatic carbocycles. The Morgan fingerprint density at radius 3 is 2.83 bits per heavy atom. The van der Waals surface area contributed by atoms with Crippen molar-refractivity contribution in [2.24, 2.45) is 10.2 Å². The predicted molar refractivity (Wildman–Crippen MR) is 109 cm³/mol. The van der Waals surface area contributed by atoms with Gasteiger partial charge in [0.05, 0.1) is 34.9 Å². The standard InChI is InChI=1S/C20H19N5O3S/c1-11-5-6-14(29-11)18-16-17(22-23-18)12-3-2-4-13(15(12)19(16)26)21-20(27)24-25-7-9-28-10-8-25/h2-6,17H,7-10H2,1H3,(H2,21,24,27). The summed E-state index contributed by atoms with van der Waals surface area (Å²) in [5, 5.41) is 13.3. The number of nitrogens with one attached hydrogen (secondary N) is 2. The van der Waals surface area contributed by atoms with Crippen molar-refractivity contribution in [2.45, 2.75) is 13.0 Å². The van der Waals surface area contributed by atoms with E-state index in [-0.39, 0.29) is 11.8 Å². The van der Waals surface area contributed by atoms with E-state index in [9.17, 15) is 9.59 Å². The number of rotatable bonds is 3. The van der Waals surface area contributed by atoms with E-state index in [1.165, 1.54) is 0 Å². The van der Waals surface area contributed by atoms with E-state index < -0.39 is 6.04 Å². The summed E-state index contributed by atoms with van der Waals surface area (Å²) in [4.78, 5) is 27.8. The van der Waals surface area contributed by atoms with E-state index in [4.69, 9.17) is 4.74 Å². The topological polar surface area (TPSA) is 95.4 Å². The van der Waals surface area contributed by atoms with Crippen LogP contribution in [0.4, 0.5) is 10.5 Å². The molecule has 1 saturated heterocycles. The molecule has 0 spiro atoms. The average Bonchev–Trinajstić information content (AvgIpc) is 3.40. The van der Waals surface area contributed by atoms with Gasteiger partial charge in [0.2, 0.25) is 0 Å². The van der Waals surface area contributed by atoms with Crippen molar-refractivity contribution < 1.29 is 14.3 Å². The first-order chi connectivity index (χ1) is 14.1. The van der Waals surface area contributed by atoms with Crippen molar-refractivity contribution in [1.82, 2.24) is 10.4 Å². The Morgan fingerprint density at radius 2 is 2.07 bits per heavy atom. The lowest BCUT2D eigenvalue weighted by molar-refractivity contribution is 0.0207. The number of fused-ring (bicyclic) bond motifs is 3. The number of hydrogen-bond acceptors (Lipinski definition) is 7. The number of ketones is 1. The Hall–Kier alpha value is -2.88. The number of nitrogens with zero attached hydrogens (tertiary/aromatic N) is 3. The molecular formula is C20H19N5O3S. The second kappa shape index (κ2) is 7.18. The number of thiophene rings is 1. The number of hydrogen-bond donors (Lipinski definition) is 2. The number of morpholine rings is 1. The van der Waals surface area contributed by atoms with Gasteiger partial charge in [-0.05, 0) is 30.7 Å². The third-order valence-electron chi connectivity index (χ3n) is 5.16. The van der Waals surface area contributed by atoms with Gasteiger partial charge in [-0.1, -0.05) is 12.1 Å². The van der Waals surface area contributed by atoms with Gasteiger partial charge < -0.3 is 10.1 Å². The number of azo groups is 1. The van der Waals surface area contributed by atoms with E-state index in [0.29, 0.717) is 48.8 Å². The molecule has 5 rings (SSSR count). The minimum absolute atomic E-state index is 0.127. The fourth-order valence-corrected chi connectivity index (χ4v) is 4.68. The predicted octanol–water partition coefficient (Wildman–Crippen LogP) is 3.54. The Bertz CT molecular complexity index is 1070. The highest BCUT2D eigenvalue weighted by Crippen LogP contribution is 2.49. The minimum atomic E-state index is -0.404. The van der Waals surface area contributed by atoms with E-state index in [1.807, 2.05) is 31.2 Å². The van der Waals surface area contributed by atoms with E-state index in [0.717, 1.165) is 15.3 Å². The Kier molecular flexibility index (Phi) is 4.50. The molecule has 0 radical (unpaired) electrons. The molecule has 0 bridgehead atoms. The average molecular weight is 409 g/mol. The number of carbonyl (C=O) groups excluding carboxylic acids is 2. The summed E-state index contributed by atoms with van der Waals surface area (Å²) in [6.45, 7) is 4.41. The molecule has 148 valence electrons. The smallest absolute Gasteiger partial charge is 0.333 e. The lowest BCUT2D eigenvalue weighted by atomic mass is 10.1. The van der Waals surface area contributed by atoms with Gasteiger partial charge in [0, 0.05) is 18.0 Å². The van der Waals surface area contributed by atoms with E-state index in [1.54, 1.807) is 22.4 Å². The van der Waals surface area contributed by atoms with Crippen LogP contribution in [0.2, 0.25) is 0 Å². The van der Waals surface area contributed by atoms with Crippen molar-refractivity contribution in [2.75, 3.05) is 31.6 Å². The van der Waals surface area contributed by atoms with Gasteiger partial charge in [0.1, 0.15) is 11.7 Å². The number of Topliss-reactive ketones (excluding diaryl/α,β-unsaturated/α-hetero) is 1. The van der Waals surface area contributed by atoms with Gasteiger partial charge in [-0.2, -0.15) is 10.2 Å². The van der Waals surface area contributed by atoms with Crippen molar-refractivity contribution in [3.05, 3.63) is 56.8 Å². The van der Waals surface area contributed by atoms with Gasteiger partial charge in [-0.3, -0.25) is 10.2 Å². The molecule has 1 fully saturated rings. The molecule has 2 amide bonds. The number of carbonyl (C=O) groups is 2. The zero-order valence-electron chi connectivity index (χ0n) is 15.8. The first kappa shape index (κ1) is 18.2. The van der Waals surface area contributed by atoms with Gasteiger partial charge >= 0.3 is 6.03 Å². The van der Waals surface area contributed by atoms with Crippen LogP contribution in [-0.4, -0.2) is 43.1 Å². The fourth-order valence-electron chi connectivity index (χ4n) is 3.81. The Morgan fingerprint density at radius 1 is 1.24 bits per heavy atom. The number of hydrazine groups is 1. The van der Waals surface area contributed by atoms with E-state index in [2.05, 4.69) is 21.0 Å². The molecule has 2 aliphatic heterocycles. The van der Waals surface area contributed by atoms with Crippen LogP contribution < -0.4 is 10.7 Å². The molecule has 1 aromatic carbocycles. The van der Waals surface area contributed by atoms with Crippen molar-refractivity contribution in [3.8, 4) is 0 Å². The Balaban J connectivity index is 1.43. The lowest BCUT2D eigenvalue weighted by Gasteiger charge is -2.27. The quantitative estimate of drug-likeness (QED) is 0.811. The summed E-state index contributed by atoms with van der Waals surface area (Å²) in [5.41, 5.74) is 5.78. The summed E-state index contributed by atoms with van der Waals surface area (Å²) >= 11 is 1.59. The molecule has 0 saturated carbocycles. The van der Waals surface area contributed by atoms with Crippen LogP contribution in [0, 0.1) is 6.92 Å². The summed E-state index contributed by atoms with van der Waals surface area (Å²) in [7, 11) is 0. The fraction of sp³-hybridized carbons (Fsp3) is 0.300. The molecule has 2 aromatic rings. The number of anilines is 1. The minimum Gasteiger partial charge on any atom is -0.379 e. The second-order valence-electron chi connectivity index (χ2n) is 7.05. The van der Waals surface area contributed by atoms with E-state index >= 15 is 0 Å². The molecule has 3 aliphatic rings. The maximum Gasteiger partial charge on any atom is 0.333 e. The number of ether oxygens (including phenoxy) is 1. The number of aryl methyl sites for hydroxylation is 1. The Labute approximate surface area is 171 Å². The third kappa shape index (κ3) is 3.17. The van der Waals surface area contributed by atoms with Crippen molar-refractivity contribution in [1.29, 1.82) is 0 Å². The highest BCUT2D eigenvalue weighted by Gasteiger charge is 2.42. The monoisotopic (exact) mass is 409 g/mol. The third-order valence-corrected chi connectivity index (χ3v) is 6.16. The molecule has 1 aromatic heterocycles. The number of amides is 2. The molecular weight excluding hydrogens is 390 g/mol. The molecule has 1 unspecified atom stereocenters. The van der Waals surface area contributed by atoms with Gasteiger partial charge in [0.25, 0.3) is 0 Å². The zero-order chi connectivity index (χ0) is 20.0. The van der Waals surface area contributed by atoms with Crippen LogP contribution in [0.25, 0.3) is 5.70 Å². The lowest BCUT2D eigenvalue weighted by Crippen LogP contribution is -2.49. The van der Waals surface area contributed by atoms with Gasteiger partial charge in [-0.15, -0.1) is 11.3 Å². The van der Waals surface area contributed by atoms with Crippen LogP contribution in [0.15, 0.2) is 46.1 Å². The van der Waals surface area contributed by atoms with Crippen molar-refractivity contribution >= 4 is 34.5 Å². The molecule has 29 heavy (non-hydrogen) atoms. The summed E-state index contributed by atoms with van der Waals surface area (Å²) in [6, 6.07) is 8.62. The van der Waals surface area contributed by atoms with Crippen LogP contribution in [0.5, 0.6) is 0 Å². The van der Waals surface area contributed by atoms with Gasteiger partial charge in [0.15, 0.2) is 5.78 Å². The van der Waals surface area contributed by atoms with Crippen LogP contribution >= 0.6 is 11.3 Å². The summed E-state index contributed by atoms with van der Waals surface area (Å²) in [5.74, 6) is -0.127. The molecule has 8 nitrogen and oxygen atoms in total. The summed E-state index contributed by atoms with van der Waals surface area (Å²) in [6.07, 6.45) is 0. The van der Waals surface area contributed by atoms with Crippen molar-refractivity contribution in [3.63, 3.8) is 0 Å². The van der Waals surface area contributed by atoms with Crippen LogP contribution in [0.3, 0.4) is 0 Å². The maximum atomic E-state index is 13.3. The number of benzene rings is 1. The second-order valence-corrected chi connectivity index (χ2v) is 8.34.